The molecule has 0 radical (unpaired) electrons. The first-order valence-electron chi connectivity index (χ1n) is 5.90. The minimum atomic E-state index is -1.06. The number of amides is 2. The number of carbonyl (C=O) groups excluding carboxylic acids is 2. The number of carboxylic acids is 1. The monoisotopic (exact) mass is 288 g/mol. The van der Waals surface area contributed by atoms with Crippen molar-refractivity contribution < 1.29 is 19.5 Å². The Balaban J connectivity index is 4.02. The summed E-state index contributed by atoms with van der Waals surface area (Å²) in [5.41, 5.74) is 0. The molecule has 0 saturated heterocycles. The predicted octanol–water partition coefficient (Wildman–Crippen LogP) is 0.391. The van der Waals surface area contributed by atoms with Crippen molar-refractivity contribution in [3.05, 3.63) is 12.7 Å². The van der Waals surface area contributed by atoms with Crippen LogP contribution < -0.4 is 10.6 Å². The Kier molecular flexibility index (Phi) is 9.60. The summed E-state index contributed by atoms with van der Waals surface area (Å²) in [6.07, 6.45) is 3.79. The average Bonchev–Trinajstić information content (AvgIpc) is 2.38. The lowest BCUT2D eigenvalue weighted by Gasteiger charge is -2.13. The predicted molar refractivity (Wildman–Crippen MR) is 75.0 cm³/mol. The lowest BCUT2D eigenvalue weighted by atomic mass is 10.2. The number of carboxylic acid groups (broad SMARTS) is 1. The summed E-state index contributed by atoms with van der Waals surface area (Å²) in [5, 5.41) is 13.9. The average molecular weight is 288 g/mol. The summed E-state index contributed by atoms with van der Waals surface area (Å²) in [4.78, 5) is 33.7. The van der Waals surface area contributed by atoms with Gasteiger partial charge in [0.15, 0.2) is 0 Å². The van der Waals surface area contributed by atoms with Crippen LogP contribution in [0.25, 0.3) is 0 Å². The Bertz CT molecular complexity index is 334. The third-order valence-corrected chi connectivity index (χ3v) is 2.91. The summed E-state index contributed by atoms with van der Waals surface area (Å²) < 4.78 is 0. The third kappa shape index (κ3) is 9.12. The largest absolute Gasteiger partial charge is 0.480 e. The molecule has 0 aromatic heterocycles. The summed E-state index contributed by atoms with van der Waals surface area (Å²) in [5.74, 6) is -1.09. The van der Waals surface area contributed by atoms with Gasteiger partial charge in [0.2, 0.25) is 11.8 Å². The standard InChI is InChI=1S/C12H20N2O4S/c1-3-7-13-10(15)4-5-11(16)14-9(12(17)18)6-8-19-2/h3,9H,1,4-8H2,2H3,(H,13,15)(H,14,16)(H,17,18). The van der Waals surface area contributed by atoms with Crippen molar-refractivity contribution >= 4 is 29.5 Å². The van der Waals surface area contributed by atoms with E-state index >= 15 is 0 Å². The van der Waals surface area contributed by atoms with Crippen LogP contribution in [-0.4, -0.2) is 47.5 Å². The molecule has 0 rings (SSSR count). The van der Waals surface area contributed by atoms with Gasteiger partial charge in [-0.2, -0.15) is 11.8 Å². The number of carbonyl (C=O) groups is 3. The summed E-state index contributed by atoms with van der Waals surface area (Å²) in [7, 11) is 0. The van der Waals surface area contributed by atoms with Gasteiger partial charge < -0.3 is 15.7 Å². The van der Waals surface area contributed by atoms with Gasteiger partial charge in [0.25, 0.3) is 0 Å². The first kappa shape index (κ1) is 17.5. The number of hydrogen-bond acceptors (Lipinski definition) is 4. The molecule has 0 saturated carbocycles. The second-order valence-electron chi connectivity index (χ2n) is 3.83. The molecule has 7 heteroatoms. The molecule has 0 fully saturated rings. The first-order chi connectivity index (χ1) is 9.01. The van der Waals surface area contributed by atoms with Crippen LogP contribution >= 0.6 is 11.8 Å². The quantitative estimate of drug-likeness (QED) is 0.505. The molecule has 2 amide bonds. The molecule has 0 aromatic rings. The Hall–Kier alpha value is -1.50. The van der Waals surface area contributed by atoms with E-state index in [2.05, 4.69) is 17.2 Å². The van der Waals surface area contributed by atoms with E-state index in [0.29, 0.717) is 18.7 Å². The Morgan fingerprint density at radius 3 is 2.47 bits per heavy atom. The molecule has 0 bridgehead atoms. The highest BCUT2D eigenvalue weighted by Crippen LogP contribution is 2.02. The molecule has 1 unspecified atom stereocenters. The van der Waals surface area contributed by atoms with E-state index in [-0.39, 0.29) is 18.7 Å². The second-order valence-corrected chi connectivity index (χ2v) is 4.82. The molecular weight excluding hydrogens is 268 g/mol. The van der Waals surface area contributed by atoms with E-state index in [1.807, 2.05) is 6.26 Å². The van der Waals surface area contributed by atoms with Crippen LogP contribution in [0.15, 0.2) is 12.7 Å². The molecule has 0 aromatic carbocycles. The molecule has 0 aliphatic heterocycles. The highest BCUT2D eigenvalue weighted by molar-refractivity contribution is 7.98. The topological polar surface area (TPSA) is 95.5 Å². The fraction of sp³-hybridized carbons (Fsp3) is 0.583. The second kappa shape index (κ2) is 10.4. The van der Waals surface area contributed by atoms with Crippen molar-refractivity contribution in [2.75, 3.05) is 18.6 Å². The number of hydrogen-bond donors (Lipinski definition) is 3. The maximum absolute atomic E-state index is 11.5. The fourth-order valence-corrected chi connectivity index (χ4v) is 1.73. The molecule has 0 heterocycles. The Morgan fingerprint density at radius 2 is 1.95 bits per heavy atom. The maximum Gasteiger partial charge on any atom is 0.326 e. The van der Waals surface area contributed by atoms with E-state index in [1.165, 1.54) is 11.8 Å². The molecule has 0 aliphatic rings. The van der Waals surface area contributed by atoms with Crippen LogP contribution in [0.4, 0.5) is 0 Å². The zero-order valence-electron chi connectivity index (χ0n) is 11.0. The van der Waals surface area contributed by atoms with E-state index in [9.17, 15) is 14.4 Å². The zero-order valence-corrected chi connectivity index (χ0v) is 11.8. The van der Waals surface area contributed by atoms with Crippen molar-refractivity contribution in [2.45, 2.75) is 25.3 Å². The molecule has 108 valence electrons. The highest BCUT2D eigenvalue weighted by atomic mass is 32.2. The van der Waals surface area contributed by atoms with Crippen LogP contribution in [0.3, 0.4) is 0 Å². The van der Waals surface area contributed by atoms with Crippen LogP contribution in [0.5, 0.6) is 0 Å². The zero-order chi connectivity index (χ0) is 14.7. The lowest BCUT2D eigenvalue weighted by Crippen LogP contribution is -2.41. The normalized spacial score (nSPS) is 11.4. The molecule has 6 nitrogen and oxygen atoms in total. The van der Waals surface area contributed by atoms with Gasteiger partial charge in [-0.25, -0.2) is 4.79 Å². The summed E-state index contributed by atoms with van der Waals surface area (Å²) >= 11 is 1.51. The lowest BCUT2D eigenvalue weighted by molar-refractivity contribution is -0.141. The molecule has 0 spiro atoms. The third-order valence-electron chi connectivity index (χ3n) is 2.27. The number of rotatable bonds is 10. The summed E-state index contributed by atoms with van der Waals surface area (Å²) in [6, 6.07) is -0.892. The Morgan fingerprint density at radius 1 is 1.32 bits per heavy atom. The number of nitrogens with one attached hydrogen (secondary N) is 2. The van der Waals surface area contributed by atoms with Gasteiger partial charge in [0.1, 0.15) is 6.04 Å². The van der Waals surface area contributed by atoms with Crippen molar-refractivity contribution in [2.24, 2.45) is 0 Å². The van der Waals surface area contributed by atoms with Crippen molar-refractivity contribution in [1.82, 2.24) is 10.6 Å². The minimum absolute atomic E-state index is 0.0218. The van der Waals surface area contributed by atoms with Gasteiger partial charge in [-0.3, -0.25) is 9.59 Å². The maximum atomic E-state index is 11.5. The van der Waals surface area contributed by atoms with Gasteiger partial charge in [-0.05, 0) is 18.4 Å². The first-order valence-corrected chi connectivity index (χ1v) is 7.29. The Labute approximate surface area is 117 Å². The van der Waals surface area contributed by atoms with Crippen molar-refractivity contribution in [1.29, 1.82) is 0 Å². The van der Waals surface area contributed by atoms with Crippen molar-refractivity contribution in [3.63, 3.8) is 0 Å². The van der Waals surface area contributed by atoms with E-state index in [0.717, 1.165) is 0 Å². The smallest absolute Gasteiger partial charge is 0.326 e. The van der Waals surface area contributed by atoms with E-state index in [1.54, 1.807) is 6.08 Å². The molecule has 0 aliphatic carbocycles. The molecule has 19 heavy (non-hydrogen) atoms. The van der Waals surface area contributed by atoms with Crippen LogP contribution in [0, 0.1) is 0 Å². The minimum Gasteiger partial charge on any atom is -0.480 e. The fourth-order valence-electron chi connectivity index (χ4n) is 1.26. The highest BCUT2D eigenvalue weighted by Gasteiger charge is 2.19. The molecular formula is C12H20N2O4S. The van der Waals surface area contributed by atoms with Gasteiger partial charge >= 0.3 is 5.97 Å². The van der Waals surface area contributed by atoms with Crippen LogP contribution in [0.2, 0.25) is 0 Å². The van der Waals surface area contributed by atoms with Crippen LogP contribution in [-0.2, 0) is 14.4 Å². The van der Waals surface area contributed by atoms with Gasteiger partial charge in [-0.1, -0.05) is 6.08 Å². The molecule has 3 N–H and O–H groups in total. The van der Waals surface area contributed by atoms with Gasteiger partial charge in [0.05, 0.1) is 0 Å². The summed E-state index contributed by atoms with van der Waals surface area (Å²) in [6.45, 7) is 3.81. The van der Waals surface area contributed by atoms with Gasteiger partial charge in [0, 0.05) is 19.4 Å². The van der Waals surface area contributed by atoms with E-state index in [4.69, 9.17) is 5.11 Å². The SMILES string of the molecule is C=CCNC(=O)CCC(=O)NC(CCSC)C(=O)O. The number of aliphatic carboxylic acids is 1. The van der Waals surface area contributed by atoms with Crippen molar-refractivity contribution in [3.8, 4) is 0 Å². The van der Waals surface area contributed by atoms with Crippen LogP contribution in [0.1, 0.15) is 19.3 Å². The van der Waals surface area contributed by atoms with E-state index < -0.39 is 17.9 Å². The van der Waals surface area contributed by atoms with Gasteiger partial charge in [-0.15, -0.1) is 6.58 Å². The molecule has 1 atom stereocenters. The number of thioether (sulfide) groups is 1.